The second kappa shape index (κ2) is 5.00. The molecule has 6 heteroatoms. The number of hydrogen-bond donors (Lipinski definition) is 2. The number of anilines is 2. The minimum absolute atomic E-state index is 0.284. The molecule has 6 nitrogen and oxygen atoms in total. The van der Waals surface area contributed by atoms with Crippen LogP contribution < -0.4 is 11.1 Å². The zero-order valence-corrected chi connectivity index (χ0v) is 11.8. The van der Waals surface area contributed by atoms with Gasteiger partial charge in [-0.3, -0.25) is 19.3 Å². The molecule has 22 heavy (non-hydrogen) atoms. The number of hydrogen-bond acceptors (Lipinski definition) is 4. The van der Waals surface area contributed by atoms with Gasteiger partial charge < -0.3 is 11.1 Å². The van der Waals surface area contributed by atoms with E-state index in [-0.39, 0.29) is 23.3 Å². The van der Waals surface area contributed by atoms with Crippen LogP contribution in [0.5, 0.6) is 0 Å². The number of amides is 3. The lowest BCUT2D eigenvalue weighted by molar-refractivity contribution is 0.0692. The van der Waals surface area contributed by atoms with Crippen molar-refractivity contribution in [2.75, 3.05) is 18.1 Å². The topological polar surface area (TPSA) is 92.5 Å². The maximum absolute atomic E-state index is 12.2. The summed E-state index contributed by atoms with van der Waals surface area (Å²) in [4.78, 5) is 37.0. The van der Waals surface area contributed by atoms with Crippen molar-refractivity contribution in [3.05, 3.63) is 59.2 Å². The van der Waals surface area contributed by atoms with Crippen molar-refractivity contribution < 1.29 is 14.4 Å². The minimum Gasteiger partial charge on any atom is -0.398 e. The van der Waals surface area contributed by atoms with Gasteiger partial charge in [0.15, 0.2) is 0 Å². The summed E-state index contributed by atoms with van der Waals surface area (Å²) in [7, 11) is 1.42. The molecule has 0 saturated carbocycles. The smallest absolute Gasteiger partial charge is 0.261 e. The first-order valence-corrected chi connectivity index (χ1v) is 6.61. The summed E-state index contributed by atoms with van der Waals surface area (Å²) in [5, 5.41) is 2.68. The molecule has 1 heterocycles. The Hall–Kier alpha value is -3.15. The number of nitrogens with one attached hydrogen (secondary N) is 1. The zero-order chi connectivity index (χ0) is 15.9. The fourth-order valence-corrected chi connectivity index (χ4v) is 2.34. The molecule has 110 valence electrons. The lowest BCUT2D eigenvalue weighted by atomic mass is 10.1. The third-order valence-corrected chi connectivity index (χ3v) is 3.55. The number of para-hydroxylation sites is 1. The fourth-order valence-electron chi connectivity index (χ4n) is 2.34. The lowest BCUT2D eigenvalue weighted by Gasteiger charge is -2.08. The maximum Gasteiger partial charge on any atom is 0.261 e. The Morgan fingerprint density at radius 3 is 2.45 bits per heavy atom. The van der Waals surface area contributed by atoms with Crippen molar-refractivity contribution in [3.63, 3.8) is 0 Å². The molecule has 0 aliphatic carbocycles. The first-order chi connectivity index (χ1) is 10.5. The van der Waals surface area contributed by atoms with E-state index in [4.69, 9.17) is 5.73 Å². The summed E-state index contributed by atoms with van der Waals surface area (Å²) in [6.07, 6.45) is 0. The fraction of sp³-hybridized carbons (Fsp3) is 0.0625. The minimum atomic E-state index is -0.379. The van der Waals surface area contributed by atoms with Gasteiger partial charge >= 0.3 is 0 Å². The highest BCUT2D eigenvalue weighted by molar-refractivity contribution is 6.21. The molecule has 0 fully saturated rings. The number of nitrogens with zero attached hydrogens (tertiary/aromatic N) is 1. The summed E-state index contributed by atoms with van der Waals surface area (Å²) in [6, 6.07) is 11.3. The molecule has 0 radical (unpaired) electrons. The van der Waals surface area contributed by atoms with Gasteiger partial charge in [-0.25, -0.2) is 0 Å². The first-order valence-electron chi connectivity index (χ1n) is 6.61. The summed E-state index contributed by atoms with van der Waals surface area (Å²) in [6.45, 7) is 0. The van der Waals surface area contributed by atoms with Crippen molar-refractivity contribution in [2.24, 2.45) is 0 Å². The van der Waals surface area contributed by atoms with Crippen molar-refractivity contribution >= 4 is 29.1 Å². The summed E-state index contributed by atoms with van der Waals surface area (Å²) in [5.41, 5.74) is 7.53. The van der Waals surface area contributed by atoms with E-state index in [1.54, 1.807) is 30.3 Å². The van der Waals surface area contributed by atoms with E-state index < -0.39 is 0 Å². The average Bonchev–Trinajstić information content (AvgIpc) is 2.72. The standard InChI is InChI=1S/C16H13N3O3/c1-19-15(21)10-7-6-9(8-12(10)16(19)22)18-14(20)11-4-2-3-5-13(11)17/h2-8H,17H2,1H3,(H,18,20). The highest BCUT2D eigenvalue weighted by Gasteiger charge is 2.32. The zero-order valence-electron chi connectivity index (χ0n) is 11.8. The van der Waals surface area contributed by atoms with Crippen LogP contribution in [0.2, 0.25) is 0 Å². The van der Waals surface area contributed by atoms with Gasteiger partial charge in [0.05, 0.1) is 16.7 Å². The summed E-state index contributed by atoms with van der Waals surface area (Å²) < 4.78 is 0. The Morgan fingerprint density at radius 1 is 1.05 bits per heavy atom. The molecule has 0 atom stereocenters. The van der Waals surface area contributed by atoms with E-state index in [0.29, 0.717) is 22.5 Å². The molecule has 0 aromatic heterocycles. The maximum atomic E-state index is 12.2. The van der Waals surface area contributed by atoms with Crippen LogP contribution in [0.1, 0.15) is 31.1 Å². The first kappa shape index (κ1) is 13.8. The van der Waals surface area contributed by atoms with Crippen LogP contribution >= 0.6 is 0 Å². The van der Waals surface area contributed by atoms with Crippen LogP contribution in [0.25, 0.3) is 0 Å². The van der Waals surface area contributed by atoms with Gasteiger partial charge in [-0.2, -0.15) is 0 Å². The van der Waals surface area contributed by atoms with Crippen LogP contribution in [-0.4, -0.2) is 29.7 Å². The van der Waals surface area contributed by atoms with Crippen LogP contribution in [-0.2, 0) is 0 Å². The largest absolute Gasteiger partial charge is 0.398 e. The monoisotopic (exact) mass is 295 g/mol. The molecular formula is C16H13N3O3. The van der Waals surface area contributed by atoms with Gasteiger partial charge in [-0.1, -0.05) is 12.1 Å². The third-order valence-electron chi connectivity index (χ3n) is 3.55. The van der Waals surface area contributed by atoms with Gasteiger partial charge in [0.25, 0.3) is 17.7 Å². The van der Waals surface area contributed by atoms with E-state index in [1.807, 2.05) is 0 Å². The molecule has 0 unspecified atom stereocenters. The quantitative estimate of drug-likeness (QED) is 0.652. The number of carbonyl (C=O) groups excluding carboxylic acids is 3. The molecule has 0 saturated heterocycles. The predicted molar refractivity (Wildman–Crippen MR) is 81.7 cm³/mol. The van der Waals surface area contributed by atoms with E-state index >= 15 is 0 Å². The molecular weight excluding hydrogens is 282 g/mol. The van der Waals surface area contributed by atoms with Gasteiger partial charge in [-0.05, 0) is 30.3 Å². The van der Waals surface area contributed by atoms with Crippen LogP contribution in [0.15, 0.2) is 42.5 Å². The van der Waals surface area contributed by atoms with Gasteiger partial charge in [-0.15, -0.1) is 0 Å². The van der Waals surface area contributed by atoms with Gasteiger partial charge in [0.1, 0.15) is 0 Å². The normalized spacial score (nSPS) is 13.2. The molecule has 1 aliphatic heterocycles. The van der Waals surface area contributed by atoms with E-state index in [1.165, 1.54) is 19.2 Å². The Labute approximate surface area is 126 Å². The second-order valence-electron chi connectivity index (χ2n) is 4.97. The number of benzene rings is 2. The number of carbonyl (C=O) groups is 3. The van der Waals surface area contributed by atoms with Crippen LogP contribution in [0, 0.1) is 0 Å². The molecule has 0 bridgehead atoms. The highest BCUT2D eigenvalue weighted by atomic mass is 16.2. The average molecular weight is 295 g/mol. The van der Waals surface area contributed by atoms with Crippen molar-refractivity contribution in [1.82, 2.24) is 4.90 Å². The van der Waals surface area contributed by atoms with E-state index in [2.05, 4.69) is 5.32 Å². The Balaban J connectivity index is 1.90. The SMILES string of the molecule is CN1C(=O)c2ccc(NC(=O)c3ccccc3N)cc2C1=O. The van der Waals surface area contributed by atoms with E-state index in [0.717, 1.165) is 4.90 Å². The molecule has 3 amide bonds. The van der Waals surface area contributed by atoms with Crippen molar-refractivity contribution in [1.29, 1.82) is 0 Å². The van der Waals surface area contributed by atoms with Gasteiger partial charge in [0, 0.05) is 18.4 Å². The number of rotatable bonds is 2. The van der Waals surface area contributed by atoms with Crippen molar-refractivity contribution in [3.8, 4) is 0 Å². The Morgan fingerprint density at radius 2 is 1.73 bits per heavy atom. The highest BCUT2D eigenvalue weighted by Crippen LogP contribution is 2.25. The van der Waals surface area contributed by atoms with Gasteiger partial charge in [0.2, 0.25) is 0 Å². The number of nitrogen functional groups attached to an aromatic ring is 1. The predicted octanol–water partition coefficient (Wildman–Crippen LogP) is 1.75. The molecule has 3 rings (SSSR count). The summed E-state index contributed by atoms with van der Waals surface area (Å²) in [5.74, 6) is -1.09. The molecule has 1 aliphatic rings. The van der Waals surface area contributed by atoms with Crippen molar-refractivity contribution in [2.45, 2.75) is 0 Å². The Kier molecular flexibility index (Phi) is 3.14. The molecule has 2 aromatic carbocycles. The number of fused-ring (bicyclic) bond motifs is 1. The number of nitrogens with two attached hydrogens (primary N) is 1. The lowest BCUT2D eigenvalue weighted by Crippen LogP contribution is -2.24. The summed E-state index contributed by atoms with van der Waals surface area (Å²) >= 11 is 0. The second-order valence-corrected chi connectivity index (χ2v) is 4.97. The Bertz CT molecular complexity index is 814. The third kappa shape index (κ3) is 2.10. The van der Waals surface area contributed by atoms with Crippen LogP contribution in [0.3, 0.4) is 0 Å². The molecule has 0 spiro atoms. The molecule has 2 aromatic rings. The number of imide groups is 1. The molecule has 3 N–H and O–H groups in total. The van der Waals surface area contributed by atoms with Crippen LogP contribution in [0.4, 0.5) is 11.4 Å². The van der Waals surface area contributed by atoms with E-state index in [9.17, 15) is 14.4 Å².